The minimum Gasteiger partial charge on any atom is -0.463 e. The number of allylic oxidation sites excluding steroid dienone is 6. The molecular formula is C23H38O3. The molecule has 0 saturated carbocycles. The summed E-state index contributed by atoms with van der Waals surface area (Å²) in [6.07, 6.45) is 24.7. The van der Waals surface area contributed by atoms with Crippen molar-refractivity contribution in [2.24, 2.45) is 11.8 Å². The lowest BCUT2D eigenvalue weighted by atomic mass is 9.89. The van der Waals surface area contributed by atoms with Gasteiger partial charge in [0, 0.05) is 6.92 Å². The van der Waals surface area contributed by atoms with Crippen molar-refractivity contribution in [3.63, 3.8) is 0 Å². The fraction of sp³-hybridized carbons (Fsp3) is 0.696. The zero-order chi connectivity index (χ0) is 19.0. The van der Waals surface area contributed by atoms with Crippen LogP contribution in [0.4, 0.5) is 0 Å². The summed E-state index contributed by atoms with van der Waals surface area (Å²) in [4.78, 5) is 10.7. The third-order valence-electron chi connectivity index (χ3n) is 4.94. The summed E-state index contributed by atoms with van der Waals surface area (Å²) in [6.45, 7) is 3.67. The molecule has 0 saturated heterocycles. The molecule has 0 aliphatic heterocycles. The van der Waals surface area contributed by atoms with E-state index in [4.69, 9.17) is 4.74 Å². The Balaban J connectivity index is 2.06. The maximum Gasteiger partial charge on any atom is 0.302 e. The lowest BCUT2D eigenvalue weighted by molar-refractivity contribution is -0.144. The molecule has 0 radical (unpaired) electrons. The molecule has 26 heavy (non-hydrogen) atoms. The first kappa shape index (κ1) is 22.7. The van der Waals surface area contributed by atoms with Gasteiger partial charge in [0.25, 0.3) is 0 Å². The van der Waals surface area contributed by atoms with Crippen molar-refractivity contribution in [3.05, 3.63) is 36.5 Å². The molecule has 3 heteroatoms. The van der Waals surface area contributed by atoms with Gasteiger partial charge in [-0.25, -0.2) is 0 Å². The van der Waals surface area contributed by atoms with Crippen molar-refractivity contribution in [2.45, 2.75) is 84.2 Å². The van der Waals surface area contributed by atoms with Crippen LogP contribution < -0.4 is 0 Å². The van der Waals surface area contributed by atoms with Crippen molar-refractivity contribution in [2.75, 3.05) is 6.61 Å². The van der Waals surface area contributed by atoms with Gasteiger partial charge in [-0.1, -0.05) is 69.1 Å². The summed E-state index contributed by atoms with van der Waals surface area (Å²) < 4.78 is 4.81. The number of hydrogen-bond acceptors (Lipinski definition) is 3. The van der Waals surface area contributed by atoms with Gasteiger partial charge in [0.15, 0.2) is 0 Å². The number of aliphatic hydroxyl groups excluding tert-OH is 1. The van der Waals surface area contributed by atoms with Crippen molar-refractivity contribution in [1.29, 1.82) is 0 Å². The van der Waals surface area contributed by atoms with Gasteiger partial charge in [0.05, 0.1) is 6.10 Å². The molecule has 0 aromatic carbocycles. The molecule has 1 N–H and O–H groups in total. The Hall–Kier alpha value is -1.35. The summed E-state index contributed by atoms with van der Waals surface area (Å²) in [5.74, 6) is 1.07. The molecule has 0 aromatic rings. The molecule has 0 fully saturated rings. The quantitative estimate of drug-likeness (QED) is 0.243. The highest BCUT2D eigenvalue weighted by molar-refractivity contribution is 5.65. The van der Waals surface area contributed by atoms with E-state index in [0.29, 0.717) is 5.92 Å². The molecule has 0 spiro atoms. The molecule has 1 aliphatic rings. The Morgan fingerprint density at radius 2 is 1.96 bits per heavy atom. The summed E-state index contributed by atoms with van der Waals surface area (Å²) in [5, 5.41) is 9.72. The zero-order valence-corrected chi connectivity index (χ0v) is 16.7. The molecule has 3 atom stereocenters. The molecular weight excluding hydrogens is 324 g/mol. The molecule has 0 heterocycles. The van der Waals surface area contributed by atoms with E-state index in [-0.39, 0.29) is 12.6 Å². The van der Waals surface area contributed by atoms with Crippen LogP contribution in [0.25, 0.3) is 0 Å². The molecule has 1 rings (SSSR count). The largest absolute Gasteiger partial charge is 0.463 e. The Labute approximate surface area is 160 Å². The van der Waals surface area contributed by atoms with E-state index < -0.39 is 6.10 Å². The van der Waals surface area contributed by atoms with Gasteiger partial charge in [-0.2, -0.15) is 0 Å². The monoisotopic (exact) mass is 362 g/mol. The van der Waals surface area contributed by atoms with Gasteiger partial charge in [0.2, 0.25) is 0 Å². The van der Waals surface area contributed by atoms with Gasteiger partial charge in [-0.3, -0.25) is 4.79 Å². The Morgan fingerprint density at radius 3 is 2.73 bits per heavy atom. The van der Waals surface area contributed by atoms with Crippen LogP contribution in [0.3, 0.4) is 0 Å². The lowest BCUT2D eigenvalue weighted by Crippen LogP contribution is -2.17. The second-order valence-corrected chi connectivity index (χ2v) is 7.33. The molecule has 0 amide bonds. The van der Waals surface area contributed by atoms with Crippen LogP contribution >= 0.6 is 0 Å². The van der Waals surface area contributed by atoms with Crippen molar-refractivity contribution < 1.29 is 14.6 Å². The standard InChI is InChI=1S/C23H38O3/c1-3-4-5-6-7-10-14-21-16-13-17-22(21)15-11-8-9-12-18-23(25)19-26-20(2)24/h4-5,10,13-14,16,21-23,25H,3,6-9,11-12,15,17-19H2,1-2H3/t21-,22-,23?/m0/s1. The smallest absolute Gasteiger partial charge is 0.302 e. The Kier molecular flexibility index (Phi) is 12.9. The summed E-state index contributed by atoms with van der Waals surface area (Å²) in [6, 6.07) is 0. The lowest BCUT2D eigenvalue weighted by Gasteiger charge is -2.16. The Bertz CT molecular complexity index is 450. The van der Waals surface area contributed by atoms with E-state index in [1.165, 1.54) is 32.6 Å². The van der Waals surface area contributed by atoms with E-state index in [1.54, 1.807) is 0 Å². The third-order valence-corrected chi connectivity index (χ3v) is 4.94. The molecule has 3 nitrogen and oxygen atoms in total. The molecule has 1 aliphatic carbocycles. The average molecular weight is 363 g/mol. The maximum atomic E-state index is 10.7. The molecule has 0 aromatic heterocycles. The van der Waals surface area contributed by atoms with E-state index in [2.05, 4.69) is 43.4 Å². The minimum atomic E-state index is -0.514. The normalized spacial score (nSPS) is 21.0. The highest BCUT2D eigenvalue weighted by Gasteiger charge is 2.19. The number of carbonyl (C=O) groups excluding carboxylic acids is 1. The summed E-state index contributed by atoms with van der Waals surface area (Å²) >= 11 is 0. The van der Waals surface area contributed by atoms with Gasteiger partial charge in [0.1, 0.15) is 6.61 Å². The first-order chi connectivity index (χ1) is 12.6. The minimum absolute atomic E-state index is 0.130. The number of hydrogen-bond donors (Lipinski definition) is 1. The van der Waals surface area contributed by atoms with Crippen LogP contribution in [0.15, 0.2) is 36.5 Å². The number of esters is 1. The van der Waals surface area contributed by atoms with Gasteiger partial charge in [-0.15, -0.1) is 0 Å². The molecule has 0 bridgehead atoms. The molecule has 148 valence electrons. The van der Waals surface area contributed by atoms with Crippen molar-refractivity contribution >= 4 is 5.97 Å². The number of unbranched alkanes of at least 4 members (excludes halogenated alkanes) is 4. The maximum absolute atomic E-state index is 10.7. The van der Waals surface area contributed by atoms with E-state index >= 15 is 0 Å². The predicted octanol–water partition coefficient (Wildman–Crippen LogP) is 5.75. The fourth-order valence-electron chi connectivity index (χ4n) is 3.42. The number of rotatable bonds is 14. The summed E-state index contributed by atoms with van der Waals surface area (Å²) in [5.41, 5.74) is 0. The second-order valence-electron chi connectivity index (χ2n) is 7.33. The second kappa shape index (κ2) is 14.8. The number of ether oxygens (including phenoxy) is 1. The Morgan fingerprint density at radius 1 is 1.19 bits per heavy atom. The van der Waals surface area contributed by atoms with Crippen LogP contribution in [0.5, 0.6) is 0 Å². The third kappa shape index (κ3) is 11.3. The van der Waals surface area contributed by atoms with Gasteiger partial charge < -0.3 is 9.84 Å². The average Bonchev–Trinajstić information content (AvgIpc) is 3.06. The zero-order valence-electron chi connectivity index (χ0n) is 16.7. The first-order valence-electron chi connectivity index (χ1n) is 10.4. The predicted molar refractivity (Wildman–Crippen MR) is 109 cm³/mol. The highest BCUT2D eigenvalue weighted by Crippen LogP contribution is 2.31. The SMILES string of the molecule is CCC=CCCC=C[C@H]1C=CC[C@@H]1CCCCCCC(O)COC(C)=O. The summed E-state index contributed by atoms with van der Waals surface area (Å²) in [7, 11) is 0. The van der Waals surface area contributed by atoms with E-state index in [9.17, 15) is 9.90 Å². The number of carbonyl (C=O) groups is 1. The van der Waals surface area contributed by atoms with Crippen LogP contribution in [0.1, 0.15) is 78.1 Å². The first-order valence-corrected chi connectivity index (χ1v) is 10.4. The topological polar surface area (TPSA) is 46.5 Å². The van der Waals surface area contributed by atoms with Gasteiger partial charge in [-0.05, 0) is 50.4 Å². The molecule has 1 unspecified atom stereocenters. The highest BCUT2D eigenvalue weighted by atomic mass is 16.5. The van der Waals surface area contributed by atoms with Crippen LogP contribution in [-0.2, 0) is 9.53 Å². The van der Waals surface area contributed by atoms with Gasteiger partial charge >= 0.3 is 5.97 Å². The fourth-order valence-corrected chi connectivity index (χ4v) is 3.42. The van der Waals surface area contributed by atoms with Crippen molar-refractivity contribution in [1.82, 2.24) is 0 Å². The van der Waals surface area contributed by atoms with E-state index in [0.717, 1.165) is 44.4 Å². The van der Waals surface area contributed by atoms with Crippen LogP contribution in [0, 0.1) is 11.8 Å². The van der Waals surface area contributed by atoms with Crippen LogP contribution in [0.2, 0.25) is 0 Å². The van der Waals surface area contributed by atoms with Crippen molar-refractivity contribution in [3.8, 4) is 0 Å². The number of aliphatic hydroxyl groups is 1. The van der Waals surface area contributed by atoms with Crippen LogP contribution in [-0.4, -0.2) is 23.8 Å². The van der Waals surface area contributed by atoms with E-state index in [1.807, 2.05) is 0 Å².